The molecule has 1 amide bonds. The minimum Gasteiger partial charge on any atom is -0.370 e. The van der Waals surface area contributed by atoms with Crippen LogP contribution in [0.2, 0.25) is 0 Å². The van der Waals surface area contributed by atoms with Gasteiger partial charge >= 0.3 is 0 Å². The van der Waals surface area contributed by atoms with Gasteiger partial charge in [-0.05, 0) is 44.5 Å². The van der Waals surface area contributed by atoms with E-state index in [1.807, 2.05) is 38.2 Å². The summed E-state index contributed by atoms with van der Waals surface area (Å²) in [4.78, 5) is 21.4. The monoisotopic (exact) mass is 366 g/mol. The van der Waals surface area contributed by atoms with Gasteiger partial charge in [-0.2, -0.15) is 0 Å². The van der Waals surface area contributed by atoms with Gasteiger partial charge in [0.05, 0.1) is 6.04 Å². The third-order valence-electron chi connectivity index (χ3n) is 5.17. The molecule has 0 aliphatic carbocycles. The summed E-state index contributed by atoms with van der Waals surface area (Å²) in [5.74, 6) is 0.122. The first-order valence-corrected chi connectivity index (χ1v) is 9.86. The summed E-state index contributed by atoms with van der Waals surface area (Å²) >= 11 is 0. The van der Waals surface area contributed by atoms with E-state index in [2.05, 4.69) is 44.4 Å². The van der Waals surface area contributed by atoms with Gasteiger partial charge in [0.25, 0.3) is 0 Å². The zero-order valence-electron chi connectivity index (χ0n) is 16.4. The van der Waals surface area contributed by atoms with Gasteiger partial charge in [-0.25, -0.2) is 0 Å². The molecule has 144 valence electrons. The van der Waals surface area contributed by atoms with Crippen molar-refractivity contribution in [1.29, 1.82) is 0 Å². The number of amides is 1. The second-order valence-corrected chi connectivity index (χ2v) is 7.29. The van der Waals surface area contributed by atoms with E-state index >= 15 is 0 Å². The molecule has 1 aromatic heterocycles. The number of carbonyl (C=O) groups excluding carboxylic acids is 1. The molecule has 5 nitrogen and oxygen atoms in total. The number of pyridine rings is 1. The summed E-state index contributed by atoms with van der Waals surface area (Å²) in [5, 5.41) is 3.11. The first-order chi connectivity index (χ1) is 13.1. The van der Waals surface area contributed by atoms with E-state index in [4.69, 9.17) is 0 Å². The lowest BCUT2D eigenvalue weighted by atomic mass is 10.1. The number of nitrogens with one attached hydrogen (secondary N) is 1. The molecule has 0 spiro atoms. The molecular formula is C22H30N4O. The van der Waals surface area contributed by atoms with Gasteiger partial charge in [0.2, 0.25) is 5.91 Å². The topological polar surface area (TPSA) is 48.5 Å². The molecule has 2 aromatic rings. The van der Waals surface area contributed by atoms with Gasteiger partial charge < -0.3 is 15.1 Å². The highest BCUT2D eigenvalue weighted by Gasteiger charge is 2.17. The van der Waals surface area contributed by atoms with Gasteiger partial charge in [-0.3, -0.25) is 9.78 Å². The number of carbonyl (C=O) groups is 1. The summed E-state index contributed by atoms with van der Waals surface area (Å²) in [6.07, 6.45) is 3.54. The Balaban J connectivity index is 1.44. The number of aromatic nitrogens is 1. The average molecular weight is 367 g/mol. The van der Waals surface area contributed by atoms with Crippen LogP contribution < -0.4 is 10.2 Å². The van der Waals surface area contributed by atoms with Gasteiger partial charge in [0.1, 0.15) is 0 Å². The minimum atomic E-state index is 0.0493. The van der Waals surface area contributed by atoms with Crippen LogP contribution in [0.25, 0.3) is 0 Å². The van der Waals surface area contributed by atoms with E-state index in [9.17, 15) is 4.79 Å². The Morgan fingerprint density at radius 2 is 1.96 bits per heavy atom. The van der Waals surface area contributed by atoms with Gasteiger partial charge in [-0.1, -0.05) is 30.3 Å². The first-order valence-electron chi connectivity index (χ1n) is 9.86. The van der Waals surface area contributed by atoms with Crippen molar-refractivity contribution in [3.8, 4) is 0 Å². The molecule has 0 bridgehead atoms. The third-order valence-corrected chi connectivity index (χ3v) is 5.17. The SMILES string of the molecule is Cc1cc(N2CCCN(CCC(=O)N[C@@H](C)c3ccccc3)CC2)ccn1. The molecule has 27 heavy (non-hydrogen) atoms. The van der Waals surface area contributed by atoms with Crippen molar-refractivity contribution in [1.82, 2.24) is 15.2 Å². The lowest BCUT2D eigenvalue weighted by Crippen LogP contribution is -2.34. The minimum absolute atomic E-state index is 0.0493. The van der Waals surface area contributed by atoms with Crippen molar-refractivity contribution in [3.63, 3.8) is 0 Å². The highest BCUT2D eigenvalue weighted by molar-refractivity contribution is 5.76. The van der Waals surface area contributed by atoms with E-state index in [-0.39, 0.29) is 11.9 Å². The second-order valence-electron chi connectivity index (χ2n) is 7.29. The highest BCUT2D eigenvalue weighted by atomic mass is 16.1. The fraction of sp³-hybridized carbons (Fsp3) is 0.455. The number of benzene rings is 1. The predicted molar refractivity (Wildman–Crippen MR) is 110 cm³/mol. The zero-order chi connectivity index (χ0) is 19.1. The quantitative estimate of drug-likeness (QED) is 0.853. The molecule has 1 aromatic carbocycles. The standard InChI is InChI=1S/C22H30N4O/c1-18-17-21(9-11-23-18)26-13-6-12-25(15-16-26)14-10-22(27)24-19(2)20-7-4-3-5-8-20/h3-5,7-9,11,17,19H,6,10,12-16H2,1-2H3,(H,24,27)/t19-/m0/s1. The van der Waals surface area contributed by atoms with Crippen molar-refractivity contribution in [3.05, 3.63) is 59.9 Å². The van der Waals surface area contributed by atoms with Gasteiger partial charge in [0.15, 0.2) is 0 Å². The number of rotatable bonds is 6. The first kappa shape index (κ1) is 19.4. The normalized spacial score (nSPS) is 16.6. The number of nitrogens with zero attached hydrogens (tertiary/aromatic N) is 3. The van der Waals surface area contributed by atoms with Crippen molar-refractivity contribution >= 4 is 11.6 Å². The van der Waals surface area contributed by atoms with E-state index in [1.165, 1.54) is 5.69 Å². The molecule has 1 fully saturated rings. The maximum absolute atomic E-state index is 12.3. The van der Waals surface area contributed by atoms with Crippen LogP contribution in [0.5, 0.6) is 0 Å². The zero-order valence-corrected chi connectivity index (χ0v) is 16.4. The fourth-order valence-corrected chi connectivity index (χ4v) is 3.58. The second kappa shape index (κ2) is 9.51. The maximum Gasteiger partial charge on any atom is 0.221 e. The number of hydrogen-bond acceptors (Lipinski definition) is 4. The highest BCUT2D eigenvalue weighted by Crippen LogP contribution is 2.17. The molecule has 0 radical (unpaired) electrons. The van der Waals surface area contributed by atoms with Crippen molar-refractivity contribution in [2.45, 2.75) is 32.7 Å². The molecule has 1 atom stereocenters. The molecule has 1 aliphatic rings. The van der Waals surface area contributed by atoms with Crippen molar-refractivity contribution in [2.75, 3.05) is 37.6 Å². The summed E-state index contributed by atoms with van der Waals surface area (Å²) in [7, 11) is 0. The largest absolute Gasteiger partial charge is 0.370 e. The Morgan fingerprint density at radius 1 is 1.15 bits per heavy atom. The molecular weight excluding hydrogens is 336 g/mol. The fourth-order valence-electron chi connectivity index (χ4n) is 3.58. The van der Waals surface area contributed by atoms with E-state index < -0.39 is 0 Å². The van der Waals surface area contributed by atoms with Crippen molar-refractivity contribution in [2.24, 2.45) is 0 Å². The molecule has 1 saturated heterocycles. The summed E-state index contributed by atoms with van der Waals surface area (Å²) in [6.45, 7) is 8.96. The molecule has 2 heterocycles. The maximum atomic E-state index is 12.3. The Bertz CT molecular complexity index is 734. The number of anilines is 1. The average Bonchev–Trinajstić information content (AvgIpc) is 2.93. The van der Waals surface area contributed by atoms with E-state index in [0.717, 1.165) is 50.4 Å². The predicted octanol–water partition coefficient (Wildman–Crippen LogP) is 3.17. The van der Waals surface area contributed by atoms with Gasteiger partial charge in [0, 0.05) is 50.2 Å². The van der Waals surface area contributed by atoms with Crippen LogP contribution in [0.4, 0.5) is 5.69 Å². The lowest BCUT2D eigenvalue weighted by Gasteiger charge is -2.24. The molecule has 3 rings (SSSR count). The van der Waals surface area contributed by atoms with Crippen LogP contribution in [0.15, 0.2) is 48.7 Å². The Morgan fingerprint density at radius 3 is 2.74 bits per heavy atom. The third kappa shape index (κ3) is 5.79. The van der Waals surface area contributed by atoms with E-state index in [1.54, 1.807) is 0 Å². The Labute approximate surface area is 162 Å². The van der Waals surface area contributed by atoms with Crippen molar-refractivity contribution < 1.29 is 4.79 Å². The smallest absolute Gasteiger partial charge is 0.221 e. The van der Waals surface area contributed by atoms with Crippen LogP contribution in [0, 0.1) is 6.92 Å². The lowest BCUT2D eigenvalue weighted by molar-refractivity contribution is -0.122. The van der Waals surface area contributed by atoms with Gasteiger partial charge in [-0.15, -0.1) is 0 Å². The number of hydrogen-bond donors (Lipinski definition) is 1. The van der Waals surface area contributed by atoms with Crippen LogP contribution in [-0.4, -0.2) is 48.5 Å². The molecule has 1 N–H and O–H groups in total. The van der Waals surface area contributed by atoms with Crippen LogP contribution in [-0.2, 0) is 4.79 Å². The Kier molecular flexibility index (Phi) is 6.82. The summed E-state index contributed by atoms with van der Waals surface area (Å²) in [5.41, 5.74) is 3.44. The Hall–Kier alpha value is -2.40. The summed E-state index contributed by atoms with van der Waals surface area (Å²) < 4.78 is 0. The van der Waals surface area contributed by atoms with Crippen LogP contribution in [0.3, 0.4) is 0 Å². The molecule has 0 unspecified atom stereocenters. The molecule has 1 aliphatic heterocycles. The van der Waals surface area contributed by atoms with Crippen LogP contribution in [0.1, 0.15) is 37.1 Å². The van der Waals surface area contributed by atoms with Crippen LogP contribution >= 0.6 is 0 Å². The molecule has 0 saturated carbocycles. The number of aryl methyl sites for hydroxylation is 1. The summed E-state index contributed by atoms with van der Waals surface area (Å²) in [6, 6.07) is 14.4. The van der Waals surface area contributed by atoms with E-state index in [0.29, 0.717) is 6.42 Å². The molecule has 5 heteroatoms.